The van der Waals surface area contributed by atoms with Crippen molar-refractivity contribution < 1.29 is 13.2 Å². The highest BCUT2D eigenvalue weighted by Gasteiger charge is 2.21. The van der Waals surface area contributed by atoms with Crippen molar-refractivity contribution in [1.29, 1.82) is 0 Å². The molecule has 1 fully saturated rings. The first-order valence-corrected chi connectivity index (χ1v) is 10.5. The third-order valence-corrected chi connectivity index (χ3v) is 6.30. The first-order chi connectivity index (χ1) is 14.5. The lowest BCUT2D eigenvalue weighted by molar-refractivity contribution is 0.376. The third kappa shape index (κ3) is 3.69. The summed E-state index contributed by atoms with van der Waals surface area (Å²) in [4.78, 5) is 0. The average Bonchev–Trinajstić information content (AvgIpc) is 2.78. The van der Waals surface area contributed by atoms with Crippen LogP contribution in [0.3, 0.4) is 0 Å². The summed E-state index contributed by atoms with van der Waals surface area (Å²) in [6.07, 6.45) is 9.69. The van der Waals surface area contributed by atoms with Crippen LogP contribution in [0.5, 0.6) is 0 Å². The zero-order valence-corrected chi connectivity index (χ0v) is 17.1. The summed E-state index contributed by atoms with van der Waals surface area (Å²) < 4.78 is 44.2. The van der Waals surface area contributed by atoms with Gasteiger partial charge in [0.1, 0.15) is 5.82 Å². The van der Waals surface area contributed by atoms with Gasteiger partial charge in [-0.1, -0.05) is 54.6 Å². The second kappa shape index (κ2) is 8.51. The Kier molecular flexibility index (Phi) is 5.80. The van der Waals surface area contributed by atoms with E-state index in [0.717, 1.165) is 25.7 Å². The van der Waals surface area contributed by atoms with E-state index in [0.29, 0.717) is 22.8 Å². The van der Waals surface area contributed by atoms with Gasteiger partial charge >= 0.3 is 0 Å². The summed E-state index contributed by atoms with van der Waals surface area (Å²) in [6.45, 7) is 5.62. The molecule has 1 aliphatic rings. The maximum atomic E-state index is 15.2. The lowest BCUT2D eigenvalue weighted by Gasteiger charge is -2.27. The molecule has 0 nitrogen and oxygen atoms in total. The molecule has 4 rings (SSSR count). The topological polar surface area (TPSA) is 0 Å². The van der Waals surface area contributed by atoms with Crippen molar-refractivity contribution in [2.75, 3.05) is 0 Å². The first kappa shape index (κ1) is 20.5. The van der Waals surface area contributed by atoms with Gasteiger partial charge in [0.15, 0.2) is 11.6 Å². The lowest BCUT2D eigenvalue weighted by atomic mass is 9.78. The SMILES string of the molecule is C=CC1CCC(c2ccc(-c3ccc4cc(/C=C/C)c(F)c(F)c4c3F)cc2)CC1. The van der Waals surface area contributed by atoms with E-state index in [1.165, 1.54) is 17.7 Å². The Balaban J connectivity index is 1.68. The standard InChI is InChI=1S/C27H25F3/c1-3-5-22-16-21-14-15-23(26(29)24(21)27(30)25(22)28)20-12-10-19(11-13-20)18-8-6-17(4-2)7-9-18/h3-5,10-18H,2,6-9H2,1H3/b5-3+. The molecule has 1 aliphatic carbocycles. The summed E-state index contributed by atoms with van der Waals surface area (Å²) in [5.74, 6) is -1.78. The quantitative estimate of drug-likeness (QED) is 0.381. The lowest BCUT2D eigenvalue weighted by Crippen LogP contribution is -2.11. The molecule has 154 valence electrons. The average molecular weight is 406 g/mol. The van der Waals surface area contributed by atoms with Crippen molar-refractivity contribution in [3.8, 4) is 11.1 Å². The van der Waals surface area contributed by atoms with Gasteiger partial charge in [0, 0.05) is 11.1 Å². The van der Waals surface area contributed by atoms with Gasteiger partial charge in [-0.3, -0.25) is 0 Å². The molecule has 0 saturated heterocycles. The van der Waals surface area contributed by atoms with Crippen molar-refractivity contribution in [2.45, 2.75) is 38.5 Å². The zero-order valence-electron chi connectivity index (χ0n) is 17.1. The van der Waals surface area contributed by atoms with Gasteiger partial charge < -0.3 is 0 Å². The van der Waals surface area contributed by atoms with Crippen LogP contribution in [0.2, 0.25) is 0 Å². The van der Waals surface area contributed by atoms with Crippen LogP contribution in [-0.4, -0.2) is 0 Å². The smallest absolute Gasteiger partial charge is 0.170 e. The van der Waals surface area contributed by atoms with Gasteiger partial charge in [-0.05, 0) is 67.0 Å². The van der Waals surface area contributed by atoms with Crippen LogP contribution in [0.4, 0.5) is 13.2 Å². The molecule has 0 spiro atoms. The molecule has 3 aromatic carbocycles. The van der Waals surface area contributed by atoms with Crippen LogP contribution >= 0.6 is 0 Å². The number of benzene rings is 3. The van der Waals surface area contributed by atoms with E-state index in [1.807, 2.05) is 30.3 Å². The Morgan fingerprint density at radius 1 is 0.867 bits per heavy atom. The number of fused-ring (bicyclic) bond motifs is 1. The highest BCUT2D eigenvalue weighted by molar-refractivity contribution is 5.90. The molecule has 0 N–H and O–H groups in total. The van der Waals surface area contributed by atoms with E-state index < -0.39 is 17.5 Å². The molecule has 0 atom stereocenters. The van der Waals surface area contributed by atoms with Crippen LogP contribution < -0.4 is 0 Å². The molecule has 0 radical (unpaired) electrons. The number of halogens is 3. The second-order valence-corrected chi connectivity index (χ2v) is 8.09. The largest absolute Gasteiger partial charge is 0.206 e. The predicted octanol–water partition coefficient (Wildman–Crippen LogP) is 8.42. The summed E-state index contributed by atoms with van der Waals surface area (Å²) in [6, 6.07) is 12.6. The molecule has 0 amide bonds. The van der Waals surface area contributed by atoms with Gasteiger partial charge in [-0.25, -0.2) is 13.2 Å². The zero-order chi connectivity index (χ0) is 21.3. The monoisotopic (exact) mass is 406 g/mol. The van der Waals surface area contributed by atoms with Gasteiger partial charge in [-0.15, -0.1) is 6.58 Å². The molecular formula is C27H25F3. The minimum absolute atomic E-state index is 0.116. The molecular weight excluding hydrogens is 381 g/mol. The summed E-state index contributed by atoms with van der Waals surface area (Å²) in [5.41, 5.74) is 2.30. The Morgan fingerprint density at radius 3 is 2.20 bits per heavy atom. The number of hydrogen-bond donors (Lipinski definition) is 0. The Hall–Kier alpha value is -2.81. The highest BCUT2D eigenvalue weighted by Crippen LogP contribution is 2.38. The highest BCUT2D eigenvalue weighted by atomic mass is 19.2. The summed E-state index contributed by atoms with van der Waals surface area (Å²) >= 11 is 0. The van der Waals surface area contributed by atoms with Crippen molar-refractivity contribution in [2.24, 2.45) is 5.92 Å². The van der Waals surface area contributed by atoms with Crippen molar-refractivity contribution in [3.63, 3.8) is 0 Å². The summed E-state index contributed by atoms with van der Waals surface area (Å²) in [5, 5.41) is 0.0453. The van der Waals surface area contributed by atoms with Gasteiger partial charge in [0.05, 0.1) is 5.39 Å². The van der Waals surface area contributed by atoms with E-state index in [1.54, 1.807) is 25.1 Å². The molecule has 0 aliphatic heterocycles. The fraction of sp³-hybridized carbons (Fsp3) is 0.259. The molecule has 3 aromatic rings. The van der Waals surface area contributed by atoms with Crippen LogP contribution in [-0.2, 0) is 0 Å². The fourth-order valence-electron chi connectivity index (χ4n) is 4.55. The molecule has 0 heterocycles. The molecule has 0 unspecified atom stereocenters. The Labute approximate surface area is 175 Å². The molecule has 1 saturated carbocycles. The molecule has 0 aromatic heterocycles. The van der Waals surface area contributed by atoms with Crippen LogP contribution in [0.25, 0.3) is 28.0 Å². The first-order valence-electron chi connectivity index (χ1n) is 10.5. The van der Waals surface area contributed by atoms with E-state index in [-0.39, 0.29) is 16.5 Å². The van der Waals surface area contributed by atoms with Crippen LogP contribution in [0, 0.1) is 23.4 Å². The Morgan fingerprint density at radius 2 is 1.57 bits per heavy atom. The minimum Gasteiger partial charge on any atom is -0.206 e. The van der Waals surface area contributed by atoms with E-state index in [9.17, 15) is 8.78 Å². The number of rotatable bonds is 4. The summed E-state index contributed by atoms with van der Waals surface area (Å²) in [7, 11) is 0. The number of allylic oxidation sites excluding steroid dienone is 2. The number of hydrogen-bond acceptors (Lipinski definition) is 0. The third-order valence-electron chi connectivity index (χ3n) is 6.30. The molecule has 0 bridgehead atoms. The van der Waals surface area contributed by atoms with Gasteiger partial charge in [0.2, 0.25) is 0 Å². The minimum atomic E-state index is -1.14. The molecule has 30 heavy (non-hydrogen) atoms. The van der Waals surface area contributed by atoms with E-state index >= 15 is 4.39 Å². The fourth-order valence-corrected chi connectivity index (χ4v) is 4.55. The Bertz CT molecular complexity index is 1100. The predicted molar refractivity (Wildman–Crippen MR) is 119 cm³/mol. The van der Waals surface area contributed by atoms with Crippen LogP contribution in [0.1, 0.15) is 49.7 Å². The maximum absolute atomic E-state index is 15.2. The van der Waals surface area contributed by atoms with Gasteiger partial charge in [-0.2, -0.15) is 0 Å². The van der Waals surface area contributed by atoms with Crippen molar-refractivity contribution in [3.05, 3.63) is 89.8 Å². The van der Waals surface area contributed by atoms with Crippen LogP contribution in [0.15, 0.2) is 61.2 Å². The maximum Gasteiger partial charge on any atom is 0.170 e. The normalized spacial score (nSPS) is 19.5. The van der Waals surface area contributed by atoms with E-state index in [4.69, 9.17) is 0 Å². The van der Waals surface area contributed by atoms with Crippen molar-refractivity contribution in [1.82, 2.24) is 0 Å². The van der Waals surface area contributed by atoms with E-state index in [2.05, 4.69) is 6.58 Å². The van der Waals surface area contributed by atoms with Crippen molar-refractivity contribution >= 4 is 16.8 Å². The molecule has 3 heteroatoms. The van der Waals surface area contributed by atoms with Gasteiger partial charge in [0.25, 0.3) is 0 Å². The second-order valence-electron chi connectivity index (χ2n) is 8.09.